The molecule has 0 fully saturated rings. The molecule has 1 aliphatic rings. The number of nitrogens with zero attached hydrogens (tertiary/aromatic N) is 2. The van der Waals surface area contributed by atoms with E-state index in [0.717, 1.165) is 22.4 Å². The van der Waals surface area contributed by atoms with Crippen molar-refractivity contribution in [3.8, 4) is 0 Å². The third kappa shape index (κ3) is 4.74. The number of halogens is 1. The van der Waals surface area contributed by atoms with Crippen LogP contribution in [0.25, 0.3) is 0 Å². The van der Waals surface area contributed by atoms with Crippen LogP contribution in [0.1, 0.15) is 16.7 Å². The van der Waals surface area contributed by atoms with Crippen molar-refractivity contribution in [1.29, 1.82) is 0 Å². The van der Waals surface area contributed by atoms with E-state index >= 15 is 0 Å². The fourth-order valence-corrected chi connectivity index (χ4v) is 3.82. The van der Waals surface area contributed by atoms with Gasteiger partial charge in [0, 0.05) is 35.4 Å². The molecular formula is C24H22ClN5OS. The molecule has 162 valence electrons. The molecule has 1 amide bonds. The van der Waals surface area contributed by atoms with Gasteiger partial charge in [0.1, 0.15) is 0 Å². The standard InChI is InChI=1S/C24H22ClN5OS/c1-30-20-12-9-17(25)13-19(20)21(16-5-3-2-4-6-16)28-22(23(30)31)29-24(32)27-14-15-7-10-18(26)11-8-15/h2-13,22H,14,26H2,1H3,(H2,27,29,32). The summed E-state index contributed by atoms with van der Waals surface area (Å²) in [4.78, 5) is 19.6. The maximum Gasteiger partial charge on any atom is 0.272 e. The molecule has 8 heteroatoms. The van der Waals surface area contributed by atoms with Gasteiger partial charge in [-0.2, -0.15) is 0 Å². The summed E-state index contributed by atoms with van der Waals surface area (Å²) in [5.41, 5.74) is 10.5. The summed E-state index contributed by atoms with van der Waals surface area (Å²) in [6.07, 6.45) is -0.896. The number of aliphatic imine (C=N–C) groups is 1. The van der Waals surface area contributed by atoms with Gasteiger partial charge in [0.2, 0.25) is 6.17 Å². The lowest BCUT2D eigenvalue weighted by Crippen LogP contribution is -2.49. The summed E-state index contributed by atoms with van der Waals surface area (Å²) in [7, 11) is 1.72. The lowest BCUT2D eigenvalue weighted by Gasteiger charge is -2.22. The van der Waals surface area contributed by atoms with Gasteiger partial charge in [-0.1, -0.05) is 54.1 Å². The number of amides is 1. The topological polar surface area (TPSA) is 82.8 Å². The minimum Gasteiger partial charge on any atom is -0.399 e. The summed E-state index contributed by atoms with van der Waals surface area (Å²) in [5, 5.41) is 7.08. The number of nitrogen functional groups attached to an aromatic ring is 1. The Morgan fingerprint density at radius 1 is 1.12 bits per heavy atom. The van der Waals surface area contributed by atoms with Crippen LogP contribution in [-0.4, -0.2) is 29.9 Å². The van der Waals surface area contributed by atoms with Crippen LogP contribution in [0.5, 0.6) is 0 Å². The Morgan fingerprint density at radius 3 is 2.56 bits per heavy atom. The van der Waals surface area contributed by atoms with E-state index in [4.69, 9.17) is 34.5 Å². The molecule has 3 aromatic rings. The second-order valence-corrected chi connectivity index (χ2v) is 8.22. The van der Waals surface area contributed by atoms with E-state index in [-0.39, 0.29) is 5.91 Å². The van der Waals surface area contributed by atoms with Gasteiger partial charge in [-0.05, 0) is 48.1 Å². The highest BCUT2D eigenvalue weighted by Crippen LogP contribution is 2.29. The van der Waals surface area contributed by atoms with Crippen LogP contribution in [0, 0.1) is 0 Å². The summed E-state index contributed by atoms with van der Waals surface area (Å²) in [5.74, 6) is -0.226. The predicted octanol–water partition coefficient (Wildman–Crippen LogP) is 3.73. The molecule has 6 nitrogen and oxygen atoms in total. The lowest BCUT2D eigenvalue weighted by atomic mass is 10.0. The summed E-state index contributed by atoms with van der Waals surface area (Å²) >= 11 is 11.7. The molecule has 1 unspecified atom stereocenters. The number of hydrogen-bond acceptors (Lipinski definition) is 4. The molecule has 1 aliphatic heterocycles. The second-order valence-electron chi connectivity index (χ2n) is 7.37. The highest BCUT2D eigenvalue weighted by molar-refractivity contribution is 7.80. The quantitative estimate of drug-likeness (QED) is 0.405. The zero-order valence-electron chi connectivity index (χ0n) is 17.4. The number of nitrogens with two attached hydrogens (primary N) is 1. The maximum absolute atomic E-state index is 13.2. The molecule has 1 atom stereocenters. The molecule has 32 heavy (non-hydrogen) atoms. The normalized spacial score (nSPS) is 15.4. The SMILES string of the molecule is CN1C(=O)C(NC(=S)NCc2ccc(N)cc2)N=C(c2ccccc2)c2cc(Cl)ccc21. The molecule has 0 radical (unpaired) electrons. The van der Waals surface area contributed by atoms with Crippen LogP contribution < -0.4 is 21.3 Å². The van der Waals surface area contributed by atoms with Crippen molar-refractivity contribution >= 4 is 51.9 Å². The van der Waals surface area contributed by atoms with Gasteiger partial charge in [-0.15, -0.1) is 0 Å². The Bertz CT molecular complexity index is 1180. The second kappa shape index (κ2) is 9.38. The zero-order chi connectivity index (χ0) is 22.7. The number of carbonyl (C=O) groups is 1. The van der Waals surface area contributed by atoms with Gasteiger partial charge in [-0.3, -0.25) is 4.79 Å². The van der Waals surface area contributed by atoms with Gasteiger partial charge in [0.05, 0.1) is 11.4 Å². The average molecular weight is 464 g/mol. The van der Waals surface area contributed by atoms with Crippen molar-refractivity contribution in [2.45, 2.75) is 12.7 Å². The summed E-state index contributed by atoms with van der Waals surface area (Å²) in [6.45, 7) is 0.494. The van der Waals surface area contributed by atoms with E-state index < -0.39 is 6.17 Å². The first-order valence-corrected chi connectivity index (χ1v) is 10.8. The van der Waals surface area contributed by atoms with Crippen molar-refractivity contribution in [2.24, 2.45) is 4.99 Å². The third-order valence-corrected chi connectivity index (χ3v) is 5.64. The summed E-state index contributed by atoms with van der Waals surface area (Å²) < 4.78 is 0. The fourth-order valence-electron chi connectivity index (χ4n) is 3.46. The van der Waals surface area contributed by atoms with Crippen LogP contribution >= 0.6 is 23.8 Å². The smallest absolute Gasteiger partial charge is 0.272 e. The highest BCUT2D eigenvalue weighted by Gasteiger charge is 2.30. The highest BCUT2D eigenvalue weighted by atomic mass is 35.5. The van der Waals surface area contributed by atoms with Gasteiger partial charge in [0.15, 0.2) is 5.11 Å². The number of carbonyl (C=O) groups excluding carboxylic acids is 1. The van der Waals surface area contributed by atoms with Crippen molar-refractivity contribution in [3.05, 3.63) is 94.5 Å². The summed E-state index contributed by atoms with van der Waals surface area (Å²) in [6, 6.07) is 22.6. The van der Waals surface area contributed by atoms with Crippen LogP contribution in [0.3, 0.4) is 0 Å². The van der Waals surface area contributed by atoms with E-state index in [0.29, 0.717) is 28.1 Å². The molecule has 3 aromatic carbocycles. The maximum atomic E-state index is 13.2. The van der Waals surface area contributed by atoms with Crippen molar-refractivity contribution in [1.82, 2.24) is 10.6 Å². The molecule has 0 bridgehead atoms. The van der Waals surface area contributed by atoms with Crippen molar-refractivity contribution in [3.63, 3.8) is 0 Å². The number of likely N-dealkylation sites (N-methyl/N-ethyl adjacent to an activating group) is 1. The first kappa shape index (κ1) is 21.8. The fraction of sp³-hybridized carbons (Fsp3) is 0.125. The Kier molecular flexibility index (Phi) is 6.39. The van der Waals surface area contributed by atoms with Crippen LogP contribution in [0.2, 0.25) is 5.02 Å². The molecule has 1 heterocycles. The van der Waals surface area contributed by atoms with Crippen molar-refractivity contribution in [2.75, 3.05) is 17.7 Å². The number of nitrogens with one attached hydrogen (secondary N) is 2. The van der Waals surface area contributed by atoms with Crippen LogP contribution in [0.15, 0.2) is 77.8 Å². The lowest BCUT2D eigenvalue weighted by molar-refractivity contribution is -0.119. The Hall–Kier alpha value is -3.42. The first-order chi connectivity index (χ1) is 15.4. The number of anilines is 2. The number of benzodiazepines with no additional fused rings is 1. The molecule has 0 spiro atoms. The number of rotatable bonds is 4. The van der Waals surface area contributed by atoms with E-state index in [2.05, 4.69) is 10.6 Å². The molecule has 4 rings (SSSR count). The van der Waals surface area contributed by atoms with Gasteiger partial charge in [-0.25, -0.2) is 4.99 Å². The monoisotopic (exact) mass is 463 g/mol. The first-order valence-electron chi connectivity index (χ1n) is 10.0. The minimum absolute atomic E-state index is 0.226. The Balaban J connectivity index is 1.62. The number of hydrogen-bond donors (Lipinski definition) is 3. The number of fused-ring (bicyclic) bond motifs is 1. The average Bonchev–Trinajstić information content (AvgIpc) is 2.89. The van der Waals surface area contributed by atoms with Gasteiger partial charge in [0.25, 0.3) is 5.91 Å². The van der Waals surface area contributed by atoms with Crippen LogP contribution in [0.4, 0.5) is 11.4 Å². The van der Waals surface area contributed by atoms with Gasteiger partial charge < -0.3 is 21.3 Å². The molecule has 0 saturated carbocycles. The van der Waals surface area contributed by atoms with Crippen LogP contribution in [-0.2, 0) is 11.3 Å². The van der Waals surface area contributed by atoms with Crippen molar-refractivity contribution < 1.29 is 4.79 Å². The zero-order valence-corrected chi connectivity index (χ0v) is 19.0. The van der Waals surface area contributed by atoms with E-state index in [1.165, 1.54) is 0 Å². The molecule has 0 saturated heterocycles. The largest absolute Gasteiger partial charge is 0.399 e. The van der Waals surface area contributed by atoms with E-state index in [9.17, 15) is 4.79 Å². The predicted molar refractivity (Wildman–Crippen MR) is 134 cm³/mol. The minimum atomic E-state index is -0.896. The van der Waals surface area contributed by atoms with Gasteiger partial charge >= 0.3 is 0 Å². The molecule has 0 aromatic heterocycles. The molecular weight excluding hydrogens is 442 g/mol. The number of benzene rings is 3. The Labute approximate surface area is 197 Å². The molecule has 0 aliphatic carbocycles. The van der Waals surface area contributed by atoms with E-state index in [1.807, 2.05) is 66.7 Å². The molecule has 4 N–H and O–H groups in total. The van der Waals surface area contributed by atoms with E-state index in [1.54, 1.807) is 18.0 Å². The third-order valence-electron chi connectivity index (χ3n) is 5.15. The Morgan fingerprint density at radius 2 is 1.84 bits per heavy atom. The number of thiocarbonyl (C=S) groups is 1.